The second-order valence-corrected chi connectivity index (χ2v) is 10.4. The lowest BCUT2D eigenvalue weighted by Gasteiger charge is -2.23. The molecule has 0 aliphatic heterocycles. The normalized spacial score (nSPS) is 14.5. The van der Waals surface area contributed by atoms with Crippen molar-refractivity contribution in [2.24, 2.45) is 5.10 Å². The number of hydrazone groups is 1. The van der Waals surface area contributed by atoms with Crippen LogP contribution < -0.4 is 20.8 Å². The van der Waals surface area contributed by atoms with Gasteiger partial charge in [0.15, 0.2) is 0 Å². The second kappa shape index (κ2) is 13.3. The fourth-order valence-electron chi connectivity index (χ4n) is 4.94. The lowest BCUT2D eigenvalue weighted by Crippen LogP contribution is -2.27. The fraction of sp³-hybridized carbons (Fsp3) is 0.200. The van der Waals surface area contributed by atoms with E-state index in [0.717, 1.165) is 40.7 Å². The van der Waals surface area contributed by atoms with Crippen molar-refractivity contribution < 1.29 is 18.3 Å². The molecule has 0 bridgehead atoms. The van der Waals surface area contributed by atoms with Gasteiger partial charge in [0.05, 0.1) is 18.2 Å². The molecule has 0 aromatic heterocycles. The molecule has 0 unspecified atom stereocenters. The van der Waals surface area contributed by atoms with Crippen molar-refractivity contribution >= 4 is 22.9 Å². The molecule has 3 N–H and O–H groups in total. The zero-order valence-electron chi connectivity index (χ0n) is 24.9. The highest BCUT2D eigenvalue weighted by Gasteiger charge is 2.44. The summed E-state index contributed by atoms with van der Waals surface area (Å²) < 4.78 is 32.9. The predicted octanol–water partition coefficient (Wildman–Crippen LogP) is 6.74. The Labute approximate surface area is 251 Å². The number of aryl methyl sites for hydroxylation is 1. The number of carbonyl (C=O) groups excluding carboxylic acids is 1. The highest BCUT2D eigenvalue weighted by molar-refractivity contribution is 6.28. The number of carbonyl (C=O) groups is 1. The van der Waals surface area contributed by atoms with E-state index in [1.54, 1.807) is 37.5 Å². The number of nitrogens with zero attached hydrogens (tertiary/aromatic N) is 1. The van der Waals surface area contributed by atoms with E-state index in [0.29, 0.717) is 22.7 Å². The molecule has 1 aliphatic carbocycles. The molecule has 1 aliphatic rings. The maximum Gasteiger partial charge on any atom is 0.253 e. The van der Waals surface area contributed by atoms with Gasteiger partial charge < -0.3 is 15.4 Å². The molecular weight excluding hydrogens is 546 g/mol. The SMILES string of the molecule is C=CN\N=C(/C(=C/C=C(\C)c1cc(C(=C)NC2(c3ccc(F)cc3)CC2)c(OC)cc1C)C(=O)NC)c1ccc(F)cc1. The summed E-state index contributed by atoms with van der Waals surface area (Å²) >= 11 is 0. The van der Waals surface area contributed by atoms with Crippen LogP contribution in [0.25, 0.3) is 11.3 Å². The minimum absolute atomic E-state index is 0.271. The Kier molecular flexibility index (Phi) is 9.60. The number of rotatable bonds is 12. The highest BCUT2D eigenvalue weighted by atomic mass is 19.1. The molecule has 0 radical (unpaired) electrons. The quantitative estimate of drug-likeness (QED) is 0.0957. The minimum Gasteiger partial charge on any atom is -0.496 e. The third-order valence-electron chi connectivity index (χ3n) is 7.45. The molecule has 0 atom stereocenters. The maximum absolute atomic E-state index is 13.6. The minimum atomic E-state index is -0.395. The molecule has 43 heavy (non-hydrogen) atoms. The van der Waals surface area contributed by atoms with E-state index in [9.17, 15) is 13.6 Å². The van der Waals surface area contributed by atoms with E-state index >= 15 is 0 Å². The molecule has 3 aromatic carbocycles. The van der Waals surface area contributed by atoms with Crippen molar-refractivity contribution in [2.45, 2.75) is 32.2 Å². The number of amides is 1. The van der Waals surface area contributed by atoms with Crippen LogP contribution in [0.2, 0.25) is 0 Å². The van der Waals surface area contributed by atoms with Gasteiger partial charge in [-0.2, -0.15) is 5.10 Å². The first-order valence-corrected chi connectivity index (χ1v) is 13.9. The molecule has 1 amide bonds. The van der Waals surface area contributed by atoms with Gasteiger partial charge in [-0.3, -0.25) is 10.2 Å². The van der Waals surface area contributed by atoms with E-state index in [1.165, 1.54) is 37.5 Å². The molecular formula is C35H36F2N4O2. The van der Waals surface area contributed by atoms with Gasteiger partial charge in [-0.25, -0.2) is 8.78 Å². The van der Waals surface area contributed by atoms with Crippen molar-refractivity contribution in [3.8, 4) is 5.75 Å². The van der Waals surface area contributed by atoms with Gasteiger partial charge in [0, 0.05) is 30.1 Å². The first kappa shape index (κ1) is 31.0. The van der Waals surface area contributed by atoms with Gasteiger partial charge in [-0.1, -0.05) is 31.4 Å². The van der Waals surface area contributed by atoms with Gasteiger partial charge in [-0.05, 0) is 104 Å². The molecule has 0 spiro atoms. The lowest BCUT2D eigenvalue weighted by atomic mass is 9.95. The average molecular weight is 583 g/mol. The smallest absolute Gasteiger partial charge is 0.253 e. The molecule has 3 aromatic rings. The van der Waals surface area contributed by atoms with E-state index in [2.05, 4.69) is 34.3 Å². The van der Waals surface area contributed by atoms with Gasteiger partial charge in [-0.15, -0.1) is 0 Å². The zero-order valence-corrected chi connectivity index (χ0v) is 24.9. The summed E-state index contributed by atoms with van der Waals surface area (Å²) in [7, 11) is 3.15. The van der Waals surface area contributed by atoms with Crippen LogP contribution >= 0.6 is 0 Å². The van der Waals surface area contributed by atoms with E-state index in [1.807, 2.05) is 32.1 Å². The summed E-state index contributed by atoms with van der Waals surface area (Å²) in [5.74, 6) is -0.359. The van der Waals surface area contributed by atoms with Crippen molar-refractivity contribution in [3.63, 3.8) is 0 Å². The highest BCUT2D eigenvalue weighted by Crippen LogP contribution is 2.47. The number of halogens is 2. The molecule has 0 heterocycles. The Morgan fingerprint density at radius 3 is 2.19 bits per heavy atom. The van der Waals surface area contributed by atoms with Gasteiger partial charge in [0.1, 0.15) is 23.1 Å². The number of benzene rings is 3. The predicted molar refractivity (Wildman–Crippen MR) is 169 cm³/mol. The van der Waals surface area contributed by atoms with Crippen LogP contribution in [-0.4, -0.2) is 25.8 Å². The monoisotopic (exact) mass is 582 g/mol. The van der Waals surface area contributed by atoms with Crippen molar-refractivity contribution in [2.75, 3.05) is 14.2 Å². The van der Waals surface area contributed by atoms with Crippen molar-refractivity contribution in [1.29, 1.82) is 0 Å². The largest absolute Gasteiger partial charge is 0.496 e. The number of allylic oxidation sites excluding steroid dienone is 3. The van der Waals surface area contributed by atoms with Gasteiger partial charge in [0.25, 0.3) is 5.91 Å². The number of likely N-dealkylation sites (N-methyl/N-ethyl adjacent to an activating group) is 1. The third kappa shape index (κ3) is 7.09. The average Bonchev–Trinajstić information content (AvgIpc) is 3.79. The van der Waals surface area contributed by atoms with E-state index < -0.39 is 5.82 Å². The number of hydrogen-bond acceptors (Lipinski definition) is 5. The third-order valence-corrected chi connectivity index (χ3v) is 7.45. The first-order chi connectivity index (χ1) is 20.6. The van der Waals surface area contributed by atoms with Gasteiger partial charge in [0.2, 0.25) is 0 Å². The summed E-state index contributed by atoms with van der Waals surface area (Å²) in [4.78, 5) is 13.0. The molecule has 1 fully saturated rings. The molecule has 1 saturated carbocycles. The summed E-state index contributed by atoms with van der Waals surface area (Å²) in [5.41, 5.74) is 8.81. The summed E-state index contributed by atoms with van der Waals surface area (Å²) in [5, 5.41) is 10.5. The second-order valence-electron chi connectivity index (χ2n) is 10.4. The lowest BCUT2D eigenvalue weighted by molar-refractivity contribution is -0.116. The number of ether oxygens (including phenoxy) is 1. The molecule has 4 rings (SSSR count). The Bertz CT molecular complexity index is 1620. The van der Waals surface area contributed by atoms with Crippen LogP contribution in [-0.2, 0) is 10.3 Å². The van der Waals surface area contributed by atoms with Crippen LogP contribution in [0.3, 0.4) is 0 Å². The van der Waals surface area contributed by atoms with Crippen LogP contribution in [0, 0.1) is 18.6 Å². The molecule has 8 heteroatoms. The maximum atomic E-state index is 13.6. The topological polar surface area (TPSA) is 74.8 Å². The van der Waals surface area contributed by atoms with Crippen molar-refractivity contribution in [3.05, 3.63) is 137 Å². The number of hydrogen-bond donors (Lipinski definition) is 3. The van der Waals surface area contributed by atoms with E-state index in [4.69, 9.17) is 4.74 Å². The number of nitrogens with one attached hydrogen (secondary N) is 3. The molecule has 0 saturated heterocycles. The van der Waals surface area contributed by atoms with Gasteiger partial charge >= 0.3 is 0 Å². The Morgan fingerprint density at radius 2 is 1.63 bits per heavy atom. The summed E-state index contributed by atoms with van der Waals surface area (Å²) in [6.45, 7) is 11.9. The van der Waals surface area contributed by atoms with Crippen LogP contribution in [0.4, 0.5) is 8.78 Å². The van der Waals surface area contributed by atoms with Crippen LogP contribution in [0.15, 0.2) is 103 Å². The Morgan fingerprint density at radius 1 is 1.00 bits per heavy atom. The molecule has 222 valence electrons. The first-order valence-electron chi connectivity index (χ1n) is 13.9. The zero-order chi connectivity index (χ0) is 31.1. The summed E-state index contributed by atoms with van der Waals surface area (Å²) in [6.07, 6.45) is 6.72. The summed E-state index contributed by atoms with van der Waals surface area (Å²) in [6, 6.07) is 16.3. The standard InChI is InChI=1S/C35H36F2N4O2/c1-7-39-41-33(25-9-13-27(36)14-10-25)29(34(42)38-5)17-8-22(2)30-21-31(32(43-6)20-23(30)3)24(4)40-35(18-19-35)26-11-15-28(37)16-12-26/h7-17,20-21,39-40H,1,4,18-19H2,2-3,5-6H3,(H,38,42)/b22-8+,29-17-,41-33-. The number of methoxy groups -OCH3 is 1. The van der Waals surface area contributed by atoms with Crippen LogP contribution in [0.1, 0.15) is 47.6 Å². The Hall–Kier alpha value is -4.98. The molecule has 6 nitrogen and oxygen atoms in total. The Balaban J connectivity index is 1.71. The van der Waals surface area contributed by atoms with E-state index in [-0.39, 0.29) is 22.8 Å². The van der Waals surface area contributed by atoms with Crippen molar-refractivity contribution in [1.82, 2.24) is 16.1 Å². The fourth-order valence-corrected chi connectivity index (χ4v) is 4.94. The van der Waals surface area contributed by atoms with Crippen LogP contribution in [0.5, 0.6) is 5.75 Å².